The highest BCUT2D eigenvalue weighted by molar-refractivity contribution is 7.15. The summed E-state index contributed by atoms with van der Waals surface area (Å²) in [4.78, 5) is 25.9. The fourth-order valence-corrected chi connectivity index (χ4v) is 3.81. The fourth-order valence-electron chi connectivity index (χ4n) is 2.87. The summed E-state index contributed by atoms with van der Waals surface area (Å²) < 4.78 is 0. The van der Waals surface area contributed by atoms with Gasteiger partial charge < -0.3 is 10.0 Å². The molecule has 0 unspecified atom stereocenters. The number of hydrogen-bond acceptors (Lipinski definition) is 3. The molecular formula is C17H16ClNO3S. The van der Waals surface area contributed by atoms with Gasteiger partial charge in [0.15, 0.2) is 0 Å². The second-order valence-electron chi connectivity index (χ2n) is 5.59. The number of halogens is 1. The second-order valence-corrected chi connectivity index (χ2v) is 7.11. The maximum absolute atomic E-state index is 12.4. The predicted octanol–water partition coefficient (Wildman–Crippen LogP) is 4.12. The lowest BCUT2D eigenvalue weighted by molar-refractivity contribution is 0.0699. The molecule has 2 aromatic rings. The quantitative estimate of drug-likeness (QED) is 0.906. The molecule has 1 aromatic heterocycles. The van der Waals surface area contributed by atoms with Gasteiger partial charge in [0.1, 0.15) is 4.88 Å². The molecule has 1 fully saturated rings. The number of nitrogens with zero attached hydrogens (tertiary/aromatic N) is 1. The number of carbonyl (C=O) groups excluding carboxylic acids is 1. The van der Waals surface area contributed by atoms with E-state index in [1.807, 2.05) is 29.2 Å². The number of carboxylic acid groups (broad SMARTS) is 1. The number of hydrogen-bond donors (Lipinski definition) is 1. The van der Waals surface area contributed by atoms with Crippen molar-refractivity contribution in [1.82, 2.24) is 4.90 Å². The van der Waals surface area contributed by atoms with Crippen LogP contribution in [0.1, 0.15) is 43.7 Å². The number of aromatic carboxylic acids is 1. The summed E-state index contributed by atoms with van der Waals surface area (Å²) in [6.07, 6.45) is 1.81. The minimum Gasteiger partial charge on any atom is -0.477 e. The van der Waals surface area contributed by atoms with Crippen molar-refractivity contribution < 1.29 is 14.7 Å². The van der Waals surface area contributed by atoms with E-state index in [0.29, 0.717) is 23.9 Å². The Morgan fingerprint density at radius 1 is 1.04 bits per heavy atom. The third-order valence-electron chi connectivity index (χ3n) is 4.15. The SMILES string of the molecule is O=C(O)c1ccc(C(=O)N2CCC(c3ccc(Cl)cc3)CC2)s1. The van der Waals surface area contributed by atoms with Crippen LogP contribution in [-0.2, 0) is 0 Å². The van der Waals surface area contributed by atoms with E-state index in [-0.39, 0.29) is 10.8 Å². The smallest absolute Gasteiger partial charge is 0.345 e. The lowest BCUT2D eigenvalue weighted by Crippen LogP contribution is -2.37. The van der Waals surface area contributed by atoms with Crippen LogP contribution in [0.25, 0.3) is 0 Å². The van der Waals surface area contributed by atoms with Crippen LogP contribution >= 0.6 is 22.9 Å². The van der Waals surface area contributed by atoms with Crippen LogP contribution in [0, 0.1) is 0 Å². The Bertz CT molecular complexity index is 718. The largest absolute Gasteiger partial charge is 0.477 e. The number of thiophene rings is 1. The number of likely N-dealkylation sites (tertiary alicyclic amines) is 1. The highest BCUT2D eigenvalue weighted by Gasteiger charge is 2.25. The van der Waals surface area contributed by atoms with Crippen LogP contribution in [0.2, 0.25) is 5.02 Å². The Kier molecular flexibility index (Phi) is 4.68. The number of amides is 1. The lowest BCUT2D eigenvalue weighted by Gasteiger charge is -2.32. The Hall–Kier alpha value is -1.85. The Morgan fingerprint density at radius 2 is 1.65 bits per heavy atom. The lowest BCUT2D eigenvalue weighted by atomic mass is 9.89. The number of rotatable bonds is 3. The van der Waals surface area contributed by atoms with Crippen LogP contribution in [0.3, 0.4) is 0 Å². The Labute approximate surface area is 143 Å². The van der Waals surface area contributed by atoms with E-state index in [4.69, 9.17) is 16.7 Å². The first-order valence-corrected chi connectivity index (χ1v) is 8.62. The van der Waals surface area contributed by atoms with Crippen LogP contribution in [0.4, 0.5) is 0 Å². The molecule has 1 aromatic carbocycles. The molecule has 1 saturated heterocycles. The molecule has 0 spiro atoms. The van der Waals surface area contributed by atoms with Crippen LogP contribution in [0.15, 0.2) is 36.4 Å². The molecule has 6 heteroatoms. The van der Waals surface area contributed by atoms with Crippen molar-refractivity contribution in [3.63, 3.8) is 0 Å². The Morgan fingerprint density at radius 3 is 2.22 bits per heavy atom. The van der Waals surface area contributed by atoms with Crippen LogP contribution < -0.4 is 0 Å². The molecule has 4 nitrogen and oxygen atoms in total. The molecule has 0 atom stereocenters. The van der Waals surface area contributed by atoms with E-state index in [0.717, 1.165) is 29.2 Å². The zero-order valence-electron chi connectivity index (χ0n) is 12.4. The third kappa shape index (κ3) is 3.57. The topological polar surface area (TPSA) is 57.6 Å². The molecule has 0 radical (unpaired) electrons. The number of carbonyl (C=O) groups is 2. The summed E-state index contributed by atoms with van der Waals surface area (Å²) in [5, 5.41) is 9.68. The molecule has 3 rings (SSSR count). The zero-order chi connectivity index (χ0) is 16.4. The molecule has 0 aliphatic carbocycles. The van der Waals surface area contributed by atoms with E-state index >= 15 is 0 Å². The normalized spacial score (nSPS) is 15.6. The summed E-state index contributed by atoms with van der Waals surface area (Å²) in [5.41, 5.74) is 1.26. The summed E-state index contributed by atoms with van der Waals surface area (Å²) in [6, 6.07) is 11.0. The van der Waals surface area contributed by atoms with Crippen molar-refractivity contribution in [3.8, 4) is 0 Å². The molecule has 23 heavy (non-hydrogen) atoms. The molecule has 0 bridgehead atoms. The van der Waals surface area contributed by atoms with Crippen molar-refractivity contribution >= 4 is 34.8 Å². The average Bonchev–Trinajstić information content (AvgIpc) is 3.05. The summed E-state index contributed by atoms with van der Waals surface area (Å²) in [6.45, 7) is 1.37. The minimum absolute atomic E-state index is 0.0722. The Balaban J connectivity index is 1.62. The molecule has 1 aliphatic heterocycles. The maximum atomic E-state index is 12.4. The fraction of sp³-hybridized carbons (Fsp3) is 0.294. The number of piperidine rings is 1. The zero-order valence-corrected chi connectivity index (χ0v) is 13.9. The predicted molar refractivity (Wildman–Crippen MR) is 90.6 cm³/mol. The van der Waals surface area contributed by atoms with Gasteiger partial charge in [-0.2, -0.15) is 0 Å². The standard InChI is InChI=1S/C17H16ClNO3S/c18-13-3-1-11(2-4-13)12-7-9-19(10-8-12)16(20)14-5-6-15(23-14)17(21)22/h1-6,12H,7-10H2,(H,21,22). The summed E-state index contributed by atoms with van der Waals surface area (Å²) >= 11 is 6.95. The van der Waals surface area contributed by atoms with Gasteiger partial charge in [-0.05, 0) is 48.6 Å². The summed E-state index contributed by atoms with van der Waals surface area (Å²) in [5.74, 6) is -0.623. The van der Waals surface area contributed by atoms with E-state index in [1.54, 1.807) is 6.07 Å². The highest BCUT2D eigenvalue weighted by atomic mass is 35.5. The van der Waals surface area contributed by atoms with Gasteiger partial charge >= 0.3 is 5.97 Å². The first-order chi connectivity index (χ1) is 11.0. The van der Waals surface area contributed by atoms with Crippen molar-refractivity contribution in [3.05, 3.63) is 56.7 Å². The van der Waals surface area contributed by atoms with E-state index < -0.39 is 5.97 Å². The van der Waals surface area contributed by atoms with Gasteiger partial charge in [-0.1, -0.05) is 23.7 Å². The van der Waals surface area contributed by atoms with Crippen LogP contribution in [0.5, 0.6) is 0 Å². The molecule has 1 aliphatic rings. The van der Waals surface area contributed by atoms with Gasteiger partial charge in [0.25, 0.3) is 5.91 Å². The van der Waals surface area contributed by atoms with Crippen molar-refractivity contribution in [1.29, 1.82) is 0 Å². The molecule has 120 valence electrons. The van der Waals surface area contributed by atoms with E-state index in [9.17, 15) is 9.59 Å². The van der Waals surface area contributed by atoms with Crippen molar-refractivity contribution in [2.45, 2.75) is 18.8 Å². The monoisotopic (exact) mass is 349 g/mol. The van der Waals surface area contributed by atoms with Gasteiger partial charge in [-0.15, -0.1) is 11.3 Å². The van der Waals surface area contributed by atoms with Crippen molar-refractivity contribution in [2.24, 2.45) is 0 Å². The molecule has 0 saturated carbocycles. The van der Waals surface area contributed by atoms with Gasteiger partial charge in [-0.25, -0.2) is 4.79 Å². The molecular weight excluding hydrogens is 334 g/mol. The molecule has 2 heterocycles. The average molecular weight is 350 g/mol. The van der Waals surface area contributed by atoms with Crippen LogP contribution in [-0.4, -0.2) is 35.0 Å². The molecule has 1 N–H and O–H groups in total. The second kappa shape index (κ2) is 6.72. The molecule has 1 amide bonds. The number of carboxylic acids is 1. The number of benzene rings is 1. The highest BCUT2D eigenvalue weighted by Crippen LogP contribution is 2.30. The minimum atomic E-state index is -0.990. The van der Waals surface area contributed by atoms with Gasteiger partial charge in [0, 0.05) is 18.1 Å². The first kappa shape index (κ1) is 16.0. The first-order valence-electron chi connectivity index (χ1n) is 7.42. The maximum Gasteiger partial charge on any atom is 0.345 e. The van der Waals surface area contributed by atoms with Gasteiger partial charge in [0.2, 0.25) is 0 Å². The van der Waals surface area contributed by atoms with Gasteiger partial charge in [-0.3, -0.25) is 4.79 Å². The third-order valence-corrected chi connectivity index (χ3v) is 5.46. The summed E-state index contributed by atoms with van der Waals surface area (Å²) in [7, 11) is 0. The van der Waals surface area contributed by atoms with E-state index in [2.05, 4.69) is 0 Å². The van der Waals surface area contributed by atoms with Crippen molar-refractivity contribution in [2.75, 3.05) is 13.1 Å². The van der Waals surface area contributed by atoms with E-state index in [1.165, 1.54) is 11.6 Å². The van der Waals surface area contributed by atoms with Gasteiger partial charge in [0.05, 0.1) is 4.88 Å².